The van der Waals surface area contributed by atoms with E-state index in [-0.39, 0.29) is 6.61 Å². The summed E-state index contributed by atoms with van der Waals surface area (Å²) in [6, 6.07) is 18.6. The summed E-state index contributed by atoms with van der Waals surface area (Å²) in [5.41, 5.74) is 3.25. The fraction of sp³-hybridized carbons (Fsp3) is 0.364. The molecule has 1 aliphatic rings. The van der Waals surface area contributed by atoms with Crippen molar-refractivity contribution in [1.82, 2.24) is 19.9 Å². The van der Waals surface area contributed by atoms with Crippen LogP contribution in [0.15, 0.2) is 71.6 Å². The van der Waals surface area contributed by atoms with Gasteiger partial charge in [0.1, 0.15) is 23.8 Å². The minimum atomic E-state index is -4.43. The van der Waals surface area contributed by atoms with E-state index in [1.165, 1.54) is 16.9 Å². The minimum absolute atomic E-state index is 0.0768. The van der Waals surface area contributed by atoms with Crippen molar-refractivity contribution in [2.24, 2.45) is 5.92 Å². The van der Waals surface area contributed by atoms with E-state index in [1.807, 2.05) is 37.3 Å². The highest BCUT2D eigenvalue weighted by Crippen LogP contribution is 2.31. The van der Waals surface area contributed by atoms with Crippen molar-refractivity contribution in [3.8, 4) is 17.2 Å². The Morgan fingerprint density at radius 1 is 0.957 bits per heavy atom. The van der Waals surface area contributed by atoms with Crippen molar-refractivity contribution in [3.05, 3.63) is 89.2 Å². The summed E-state index contributed by atoms with van der Waals surface area (Å²) >= 11 is 1.57. The van der Waals surface area contributed by atoms with Gasteiger partial charge in [-0.2, -0.15) is 28.2 Å². The number of carbonyl (C=O) groups is 1. The molecule has 4 aromatic rings. The van der Waals surface area contributed by atoms with E-state index in [0.29, 0.717) is 23.7 Å². The number of carboxylic acid groups (broad SMARTS) is 1. The molecule has 1 unspecified atom stereocenters. The normalized spacial score (nSPS) is 14.7. The topological polar surface area (TPSA) is 93.0 Å². The highest BCUT2D eigenvalue weighted by molar-refractivity contribution is 7.98. The predicted molar refractivity (Wildman–Crippen MR) is 170 cm³/mol. The van der Waals surface area contributed by atoms with Gasteiger partial charge in [0.15, 0.2) is 0 Å². The molecule has 0 saturated carbocycles. The molecule has 0 aliphatic carbocycles. The molecule has 0 radical (unpaired) electrons. The van der Waals surface area contributed by atoms with Crippen LogP contribution in [0.1, 0.15) is 29.4 Å². The van der Waals surface area contributed by atoms with Crippen molar-refractivity contribution in [2.75, 3.05) is 44.8 Å². The lowest BCUT2D eigenvalue weighted by molar-refractivity contribution is -0.142. The molecule has 1 atom stereocenters. The number of benzene rings is 3. The second kappa shape index (κ2) is 14.5. The summed E-state index contributed by atoms with van der Waals surface area (Å²) in [5, 5.41) is 18.6. The molecular formula is C33H36F3N5O4S. The molecule has 0 spiro atoms. The largest absolute Gasteiger partial charge is 0.497 e. The Labute approximate surface area is 269 Å². The second-order valence-corrected chi connectivity index (χ2v) is 12.2. The van der Waals surface area contributed by atoms with Crippen LogP contribution in [0.3, 0.4) is 0 Å². The van der Waals surface area contributed by atoms with Gasteiger partial charge in [0.25, 0.3) is 0 Å². The average Bonchev–Trinajstić information content (AvgIpc) is 3.45. The van der Waals surface area contributed by atoms with Gasteiger partial charge >= 0.3 is 12.1 Å². The third kappa shape index (κ3) is 8.32. The number of carboxylic acids is 1. The van der Waals surface area contributed by atoms with Crippen LogP contribution in [0.4, 0.5) is 18.9 Å². The van der Waals surface area contributed by atoms with Crippen molar-refractivity contribution < 1.29 is 32.5 Å². The molecule has 3 aromatic carbocycles. The van der Waals surface area contributed by atoms with Crippen LogP contribution in [0.25, 0.3) is 5.69 Å². The number of piperazine rings is 1. The fourth-order valence-corrected chi connectivity index (χ4v) is 5.93. The predicted octanol–water partition coefficient (Wildman–Crippen LogP) is 6.32. The summed E-state index contributed by atoms with van der Waals surface area (Å²) in [6.45, 7) is 7.43. The van der Waals surface area contributed by atoms with E-state index in [2.05, 4.69) is 21.9 Å². The quantitative estimate of drug-likeness (QED) is 0.176. The van der Waals surface area contributed by atoms with Gasteiger partial charge < -0.3 is 19.5 Å². The van der Waals surface area contributed by atoms with Crippen molar-refractivity contribution in [1.29, 1.82) is 0 Å². The first-order valence-corrected chi connectivity index (χ1v) is 15.8. The number of ether oxygens (including phenoxy) is 2. The maximum Gasteiger partial charge on any atom is 0.416 e. The van der Waals surface area contributed by atoms with Crippen LogP contribution in [-0.4, -0.2) is 70.9 Å². The van der Waals surface area contributed by atoms with E-state index in [9.17, 15) is 18.0 Å². The highest BCUT2D eigenvalue weighted by Gasteiger charge is 2.30. The third-order valence-corrected chi connectivity index (χ3v) is 8.81. The zero-order valence-electron chi connectivity index (χ0n) is 25.8. The molecule has 46 heavy (non-hydrogen) atoms. The van der Waals surface area contributed by atoms with Crippen LogP contribution < -0.4 is 14.4 Å². The monoisotopic (exact) mass is 655 g/mol. The van der Waals surface area contributed by atoms with Gasteiger partial charge in [-0.05, 0) is 86.1 Å². The fourth-order valence-electron chi connectivity index (χ4n) is 4.98. The first-order valence-electron chi connectivity index (χ1n) is 14.8. The number of alkyl halides is 3. The van der Waals surface area contributed by atoms with Crippen LogP contribution in [-0.2, 0) is 23.3 Å². The molecule has 5 rings (SSSR count). The van der Waals surface area contributed by atoms with Gasteiger partial charge in [-0.25, -0.2) is 0 Å². The lowest BCUT2D eigenvalue weighted by atomic mass is 10.2. The zero-order chi connectivity index (χ0) is 32.8. The summed E-state index contributed by atoms with van der Waals surface area (Å²) in [4.78, 5) is 18.1. The molecule has 9 nitrogen and oxygen atoms in total. The Hall–Kier alpha value is -4.23. The second-order valence-electron chi connectivity index (χ2n) is 11.2. The van der Waals surface area contributed by atoms with Crippen LogP contribution >= 0.6 is 11.8 Å². The standard InChI is InChI=1S/C33H36F3N5O4S/c1-22-18-28(12-13-31(22)45-20-23(2)32(42)43)46-21-30-29(37-41(38-30)26-6-4-24(5-7-26)33(34,35)36)19-39-14-16-40(17-15-39)25-8-10-27(44-3)11-9-25/h4-13,18,23H,14-17,19-21H2,1-3H3,(H,42,43). The first-order chi connectivity index (χ1) is 22.0. The van der Waals surface area contributed by atoms with E-state index in [4.69, 9.17) is 24.8 Å². The Balaban J connectivity index is 1.29. The van der Waals surface area contributed by atoms with Crippen molar-refractivity contribution in [2.45, 2.75) is 37.2 Å². The Morgan fingerprint density at radius 2 is 1.61 bits per heavy atom. The van der Waals surface area contributed by atoms with E-state index in [1.54, 1.807) is 25.8 Å². The number of hydrogen-bond donors (Lipinski definition) is 1. The number of rotatable bonds is 12. The number of aromatic nitrogens is 3. The smallest absolute Gasteiger partial charge is 0.416 e. The summed E-state index contributed by atoms with van der Waals surface area (Å²) in [5.74, 6) is 0.403. The molecule has 1 aromatic heterocycles. The van der Waals surface area contributed by atoms with E-state index in [0.717, 1.165) is 71.6 Å². The number of nitrogens with zero attached hydrogens (tertiary/aromatic N) is 5. The van der Waals surface area contributed by atoms with Crippen molar-refractivity contribution >= 4 is 23.4 Å². The van der Waals surface area contributed by atoms with Crippen LogP contribution in [0.2, 0.25) is 0 Å². The highest BCUT2D eigenvalue weighted by atomic mass is 32.2. The molecule has 1 aliphatic heterocycles. The van der Waals surface area contributed by atoms with E-state index >= 15 is 0 Å². The lowest BCUT2D eigenvalue weighted by Gasteiger charge is -2.35. The molecule has 1 N–H and O–H groups in total. The molecule has 2 heterocycles. The van der Waals surface area contributed by atoms with E-state index < -0.39 is 23.6 Å². The number of hydrogen-bond acceptors (Lipinski definition) is 8. The summed E-state index contributed by atoms with van der Waals surface area (Å²) < 4.78 is 50.5. The number of halogens is 3. The SMILES string of the molecule is COc1ccc(N2CCN(Cc3nn(-c4ccc(C(F)(F)F)cc4)nc3CSc3ccc(OCC(C)C(=O)O)c(C)c3)CC2)cc1. The molecule has 13 heteroatoms. The zero-order valence-corrected chi connectivity index (χ0v) is 26.6. The number of aliphatic carboxylic acids is 1. The average molecular weight is 656 g/mol. The minimum Gasteiger partial charge on any atom is -0.497 e. The van der Waals surface area contributed by atoms with Gasteiger partial charge in [-0.15, -0.1) is 11.8 Å². The van der Waals surface area contributed by atoms with Gasteiger partial charge in [0.2, 0.25) is 0 Å². The molecule has 0 bridgehead atoms. The maximum absolute atomic E-state index is 13.2. The van der Waals surface area contributed by atoms with Gasteiger partial charge in [-0.3, -0.25) is 9.69 Å². The molecule has 244 valence electrons. The number of methoxy groups -OCH3 is 1. The van der Waals surface area contributed by atoms with Crippen LogP contribution in [0.5, 0.6) is 11.5 Å². The van der Waals surface area contributed by atoms with Gasteiger partial charge in [-0.1, -0.05) is 0 Å². The Bertz CT molecular complexity index is 1620. The Morgan fingerprint density at radius 3 is 2.22 bits per heavy atom. The number of anilines is 1. The summed E-state index contributed by atoms with van der Waals surface area (Å²) in [7, 11) is 1.65. The van der Waals surface area contributed by atoms with Gasteiger partial charge in [0, 0.05) is 49.1 Å². The molecular weight excluding hydrogens is 619 g/mol. The number of aryl methyl sites for hydroxylation is 1. The lowest BCUT2D eigenvalue weighted by Crippen LogP contribution is -2.46. The van der Waals surface area contributed by atoms with Crippen molar-refractivity contribution in [3.63, 3.8) is 0 Å². The number of thioether (sulfide) groups is 1. The summed E-state index contributed by atoms with van der Waals surface area (Å²) in [6.07, 6.45) is -4.43. The molecule has 1 fully saturated rings. The van der Waals surface area contributed by atoms with Gasteiger partial charge in [0.05, 0.1) is 30.0 Å². The maximum atomic E-state index is 13.2. The first kappa shape index (κ1) is 33.1. The molecule has 1 saturated heterocycles. The molecule has 0 amide bonds. The third-order valence-electron chi connectivity index (χ3n) is 7.81. The Kier molecular flexibility index (Phi) is 10.4. The van der Waals surface area contributed by atoms with Crippen LogP contribution in [0, 0.1) is 12.8 Å².